The van der Waals surface area contributed by atoms with E-state index >= 15 is 0 Å². The summed E-state index contributed by atoms with van der Waals surface area (Å²) < 4.78 is 7.12. The Kier molecular flexibility index (Phi) is 3.85. The highest BCUT2D eigenvalue weighted by Gasteiger charge is 2.19. The summed E-state index contributed by atoms with van der Waals surface area (Å²) in [5.74, 6) is -2.32. The largest absolute Gasteiger partial charge is 0.541 e. The molecule has 5 nitrogen and oxygen atoms in total. The average molecular weight is 308 g/mol. The highest BCUT2D eigenvalue weighted by molar-refractivity contribution is 6.41. The van der Waals surface area contributed by atoms with Crippen LogP contribution in [0.2, 0.25) is 0 Å². The van der Waals surface area contributed by atoms with E-state index in [1.54, 1.807) is 12.1 Å². The summed E-state index contributed by atoms with van der Waals surface area (Å²) in [6, 6.07) is 15.0. The van der Waals surface area contributed by atoms with Crippen LogP contribution in [0, 0.1) is 0 Å². The highest BCUT2D eigenvalue weighted by Crippen LogP contribution is 2.31. The molecule has 3 rings (SSSR count). The van der Waals surface area contributed by atoms with E-state index in [2.05, 4.69) is 0 Å². The Labute approximate surface area is 132 Å². The number of rotatable bonds is 5. The molecule has 0 saturated heterocycles. The van der Waals surface area contributed by atoms with Crippen molar-refractivity contribution in [2.75, 3.05) is 7.11 Å². The number of carbonyl (C=O) groups excluding carboxylic acids is 2. The minimum absolute atomic E-state index is 0.0772. The van der Waals surface area contributed by atoms with Crippen molar-refractivity contribution in [3.63, 3.8) is 0 Å². The molecule has 0 unspecified atom stereocenters. The van der Waals surface area contributed by atoms with Gasteiger partial charge in [0.15, 0.2) is 0 Å². The number of Topliss-reactive ketones (excluding diaryl/α,β-unsaturated/α-hetero) is 1. The van der Waals surface area contributed by atoms with Gasteiger partial charge in [-0.15, -0.1) is 0 Å². The summed E-state index contributed by atoms with van der Waals surface area (Å²) in [5, 5.41) is 11.5. The minimum atomic E-state index is -1.73. The van der Waals surface area contributed by atoms with E-state index in [4.69, 9.17) is 4.74 Å². The molecule has 0 saturated carbocycles. The maximum Gasteiger partial charge on any atom is 0.210 e. The summed E-state index contributed by atoms with van der Waals surface area (Å²) in [6.45, 7) is 0.519. The topological polar surface area (TPSA) is 71.4 Å². The number of methoxy groups -OCH3 is 1. The number of fused-ring (bicyclic) bond motifs is 1. The molecule has 0 radical (unpaired) electrons. The van der Waals surface area contributed by atoms with Gasteiger partial charge < -0.3 is 19.2 Å². The SMILES string of the molecule is COc1cccc2c1c(C(=O)C(=O)[O-])cn2Cc1ccccc1. The number of aliphatic carboxylic acids is 1. The van der Waals surface area contributed by atoms with Crippen LogP contribution in [-0.2, 0) is 11.3 Å². The van der Waals surface area contributed by atoms with Crippen LogP contribution in [-0.4, -0.2) is 23.4 Å². The zero-order chi connectivity index (χ0) is 16.4. The third kappa shape index (κ3) is 2.68. The molecular weight excluding hydrogens is 294 g/mol. The van der Waals surface area contributed by atoms with E-state index in [9.17, 15) is 14.7 Å². The Morgan fingerprint density at radius 2 is 1.83 bits per heavy atom. The standard InChI is InChI=1S/C18H15NO4/c1-23-15-9-5-8-14-16(15)13(17(20)18(21)22)11-19(14)10-12-6-3-2-4-7-12/h2-9,11H,10H2,1H3,(H,21,22)/p-1. The van der Waals surface area contributed by atoms with Gasteiger partial charge >= 0.3 is 0 Å². The van der Waals surface area contributed by atoms with E-state index in [0.29, 0.717) is 17.7 Å². The Bertz CT molecular complexity index is 881. The number of hydrogen-bond donors (Lipinski definition) is 0. The first-order valence-corrected chi connectivity index (χ1v) is 7.07. The van der Waals surface area contributed by atoms with Crippen molar-refractivity contribution >= 4 is 22.7 Å². The second-order valence-corrected chi connectivity index (χ2v) is 5.13. The molecule has 2 aromatic carbocycles. The lowest BCUT2D eigenvalue weighted by molar-refractivity contribution is -0.296. The molecule has 0 fully saturated rings. The molecule has 5 heteroatoms. The number of benzene rings is 2. The van der Waals surface area contributed by atoms with Gasteiger partial charge in [-0.2, -0.15) is 0 Å². The number of nitrogens with zero attached hydrogens (tertiary/aromatic N) is 1. The molecule has 23 heavy (non-hydrogen) atoms. The number of ketones is 1. The molecule has 0 spiro atoms. The maximum absolute atomic E-state index is 12.0. The minimum Gasteiger partial charge on any atom is -0.541 e. The van der Waals surface area contributed by atoms with Gasteiger partial charge in [0.2, 0.25) is 5.78 Å². The lowest BCUT2D eigenvalue weighted by Crippen LogP contribution is -2.31. The third-order valence-electron chi connectivity index (χ3n) is 3.71. The second-order valence-electron chi connectivity index (χ2n) is 5.13. The fourth-order valence-electron chi connectivity index (χ4n) is 2.68. The van der Waals surface area contributed by atoms with Crippen LogP contribution in [0.4, 0.5) is 0 Å². The van der Waals surface area contributed by atoms with Gasteiger partial charge in [-0.25, -0.2) is 0 Å². The second kappa shape index (κ2) is 5.96. The molecule has 0 aliphatic heterocycles. The molecule has 0 aliphatic carbocycles. The van der Waals surface area contributed by atoms with Gasteiger partial charge in [0, 0.05) is 12.7 Å². The van der Waals surface area contributed by atoms with Crippen LogP contribution in [0.3, 0.4) is 0 Å². The van der Waals surface area contributed by atoms with Crippen molar-refractivity contribution in [1.82, 2.24) is 4.57 Å². The van der Waals surface area contributed by atoms with Crippen LogP contribution >= 0.6 is 0 Å². The normalized spacial score (nSPS) is 10.7. The monoisotopic (exact) mass is 308 g/mol. The Morgan fingerprint density at radius 1 is 1.09 bits per heavy atom. The molecule has 0 atom stereocenters. The Hall–Kier alpha value is -3.08. The van der Waals surface area contributed by atoms with Gasteiger partial charge in [0.05, 0.1) is 23.6 Å². The number of carboxylic acids is 1. The van der Waals surface area contributed by atoms with Crippen molar-refractivity contribution in [2.24, 2.45) is 0 Å². The van der Waals surface area contributed by atoms with Crippen molar-refractivity contribution in [1.29, 1.82) is 0 Å². The zero-order valence-corrected chi connectivity index (χ0v) is 12.5. The fraction of sp³-hybridized carbons (Fsp3) is 0.111. The van der Waals surface area contributed by atoms with Gasteiger partial charge in [-0.05, 0) is 17.7 Å². The molecule has 1 heterocycles. The van der Waals surface area contributed by atoms with Crippen LogP contribution < -0.4 is 9.84 Å². The van der Waals surface area contributed by atoms with E-state index < -0.39 is 11.8 Å². The van der Waals surface area contributed by atoms with E-state index in [0.717, 1.165) is 11.1 Å². The van der Waals surface area contributed by atoms with Crippen molar-refractivity contribution in [3.8, 4) is 5.75 Å². The fourth-order valence-corrected chi connectivity index (χ4v) is 2.68. The van der Waals surface area contributed by atoms with Crippen LogP contribution in [0.25, 0.3) is 10.9 Å². The average Bonchev–Trinajstić information content (AvgIpc) is 2.93. The lowest BCUT2D eigenvalue weighted by atomic mass is 10.1. The van der Waals surface area contributed by atoms with Gasteiger partial charge in [0.1, 0.15) is 11.7 Å². The Morgan fingerprint density at radius 3 is 2.48 bits per heavy atom. The van der Waals surface area contributed by atoms with Crippen molar-refractivity contribution < 1.29 is 19.4 Å². The first-order valence-electron chi connectivity index (χ1n) is 7.07. The Balaban J connectivity index is 2.19. The quantitative estimate of drug-likeness (QED) is 0.530. The summed E-state index contributed by atoms with van der Waals surface area (Å²) in [5.41, 5.74) is 1.85. The summed E-state index contributed by atoms with van der Waals surface area (Å²) in [6.07, 6.45) is 1.54. The van der Waals surface area contributed by atoms with Gasteiger partial charge in [0.25, 0.3) is 0 Å². The van der Waals surface area contributed by atoms with E-state index in [1.165, 1.54) is 13.3 Å². The number of hydrogen-bond acceptors (Lipinski definition) is 4. The maximum atomic E-state index is 12.0. The molecule has 0 bridgehead atoms. The van der Waals surface area contributed by atoms with Gasteiger partial charge in [-0.3, -0.25) is 4.79 Å². The molecular formula is C18H14NO4-. The molecule has 0 N–H and O–H groups in total. The third-order valence-corrected chi connectivity index (χ3v) is 3.71. The molecule has 1 aromatic heterocycles. The molecule has 116 valence electrons. The molecule has 0 aliphatic rings. The van der Waals surface area contributed by atoms with Gasteiger partial charge in [-0.1, -0.05) is 36.4 Å². The molecule has 0 amide bonds. The highest BCUT2D eigenvalue weighted by atomic mass is 16.5. The zero-order valence-electron chi connectivity index (χ0n) is 12.5. The van der Waals surface area contributed by atoms with Crippen molar-refractivity contribution in [3.05, 3.63) is 65.9 Å². The first-order chi connectivity index (χ1) is 11.1. The predicted molar refractivity (Wildman–Crippen MR) is 83.4 cm³/mol. The number of carbonyl (C=O) groups is 2. The first kappa shape index (κ1) is 14.8. The number of aromatic nitrogens is 1. The van der Waals surface area contributed by atoms with Crippen LogP contribution in [0.15, 0.2) is 54.7 Å². The number of ether oxygens (including phenoxy) is 1. The van der Waals surface area contributed by atoms with E-state index in [-0.39, 0.29) is 5.56 Å². The predicted octanol–water partition coefficient (Wildman–Crippen LogP) is 1.63. The number of carboxylic acid groups (broad SMARTS) is 1. The lowest BCUT2D eigenvalue weighted by Gasteiger charge is -2.07. The van der Waals surface area contributed by atoms with Crippen molar-refractivity contribution in [2.45, 2.75) is 6.54 Å². The summed E-state index contributed by atoms with van der Waals surface area (Å²) in [7, 11) is 1.48. The van der Waals surface area contributed by atoms with Crippen LogP contribution in [0.5, 0.6) is 5.75 Å². The van der Waals surface area contributed by atoms with Crippen LogP contribution in [0.1, 0.15) is 15.9 Å². The van der Waals surface area contributed by atoms with E-state index in [1.807, 2.05) is 41.0 Å². The molecule has 3 aromatic rings. The summed E-state index contributed by atoms with van der Waals surface area (Å²) >= 11 is 0. The summed E-state index contributed by atoms with van der Waals surface area (Å²) in [4.78, 5) is 23.0. The smallest absolute Gasteiger partial charge is 0.210 e.